The van der Waals surface area contributed by atoms with Crippen molar-refractivity contribution in [2.24, 2.45) is 5.73 Å². The number of nitrogens with one attached hydrogen (secondary N) is 1. The molecule has 11 heteroatoms. The van der Waals surface area contributed by atoms with Gasteiger partial charge in [-0.2, -0.15) is 4.37 Å². The van der Waals surface area contributed by atoms with Gasteiger partial charge in [0, 0.05) is 23.3 Å². The number of benzene rings is 2. The molecule has 1 aliphatic rings. The Morgan fingerprint density at radius 1 is 1.05 bits per heavy atom. The van der Waals surface area contributed by atoms with Crippen LogP contribution < -0.4 is 21.7 Å². The van der Waals surface area contributed by atoms with Gasteiger partial charge in [-0.05, 0) is 66.3 Å². The van der Waals surface area contributed by atoms with Crippen molar-refractivity contribution < 1.29 is 18.8 Å². The number of amides is 3. The maximum absolute atomic E-state index is 14.5. The summed E-state index contributed by atoms with van der Waals surface area (Å²) >= 11 is 0.700. The van der Waals surface area contributed by atoms with Gasteiger partial charge in [0.15, 0.2) is 5.69 Å². The highest BCUT2D eigenvalue weighted by Gasteiger charge is 2.37. The minimum Gasteiger partial charge on any atom is -0.395 e. The first-order valence-electron chi connectivity index (χ1n) is 12.6. The standard InChI is InChI=1S/C28H27FN6O3S/c29-18-7-4-10-20(15-18)35(28(38)25-22(30)23(26(31)36)34-39-25)24(27(37)33-19-8-2-1-3-9-19)17-11-12-21-16(14-17)6-5-13-32-21/h4-7,10-15,19,24H,1-3,8-9,30H2,(H2,31,36)(H,33,37)/t24-/m0/s1. The summed E-state index contributed by atoms with van der Waals surface area (Å²) < 4.78 is 18.4. The quantitative estimate of drug-likeness (QED) is 0.314. The van der Waals surface area contributed by atoms with Crippen LogP contribution in [-0.4, -0.2) is 33.1 Å². The number of aromatic nitrogens is 2. The van der Waals surface area contributed by atoms with Gasteiger partial charge in [-0.25, -0.2) is 4.39 Å². The third-order valence-corrected chi connectivity index (χ3v) is 7.71. The van der Waals surface area contributed by atoms with Crippen molar-refractivity contribution in [2.45, 2.75) is 44.2 Å². The zero-order valence-electron chi connectivity index (χ0n) is 21.0. The molecule has 5 N–H and O–H groups in total. The number of anilines is 2. The number of primary amides is 1. The van der Waals surface area contributed by atoms with Crippen molar-refractivity contribution in [2.75, 3.05) is 10.6 Å². The Bertz CT molecular complexity index is 1550. The molecule has 5 rings (SSSR count). The zero-order chi connectivity index (χ0) is 27.5. The van der Waals surface area contributed by atoms with Crippen LogP contribution in [0.15, 0.2) is 60.8 Å². The lowest BCUT2D eigenvalue weighted by molar-refractivity contribution is -0.123. The molecule has 0 unspecified atom stereocenters. The Morgan fingerprint density at radius 2 is 1.85 bits per heavy atom. The number of nitrogens with zero attached hydrogens (tertiary/aromatic N) is 3. The Kier molecular flexibility index (Phi) is 7.51. The monoisotopic (exact) mass is 546 g/mol. The molecular weight excluding hydrogens is 519 g/mol. The van der Waals surface area contributed by atoms with Gasteiger partial charge < -0.3 is 16.8 Å². The number of nitrogen functional groups attached to an aromatic ring is 1. The molecule has 1 atom stereocenters. The highest BCUT2D eigenvalue weighted by Crippen LogP contribution is 2.34. The van der Waals surface area contributed by atoms with Gasteiger partial charge in [0.1, 0.15) is 16.7 Å². The topological polar surface area (TPSA) is 144 Å². The Balaban J connectivity index is 1.67. The van der Waals surface area contributed by atoms with E-state index < -0.39 is 29.6 Å². The number of fused-ring (bicyclic) bond motifs is 1. The summed E-state index contributed by atoms with van der Waals surface area (Å²) in [5.74, 6) is -2.59. The molecule has 0 radical (unpaired) electrons. The third-order valence-electron chi connectivity index (χ3n) is 6.86. The summed E-state index contributed by atoms with van der Waals surface area (Å²) in [6, 6.07) is 13.1. The van der Waals surface area contributed by atoms with Crippen LogP contribution in [-0.2, 0) is 4.79 Å². The molecule has 1 saturated carbocycles. The second-order valence-electron chi connectivity index (χ2n) is 9.49. The molecule has 2 aromatic carbocycles. The molecule has 0 aliphatic heterocycles. The SMILES string of the molecule is NC(=O)c1nsc(C(=O)N(c2cccc(F)c2)[C@H](C(=O)NC2CCCCC2)c2ccc3ncccc3c2)c1N. The third kappa shape index (κ3) is 5.44. The van der Waals surface area contributed by atoms with Crippen molar-refractivity contribution in [1.82, 2.24) is 14.7 Å². The predicted molar refractivity (Wildman–Crippen MR) is 148 cm³/mol. The average Bonchev–Trinajstić information content (AvgIpc) is 3.33. The van der Waals surface area contributed by atoms with Gasteiger partial charge in [-0.1, -0.05) is 37.5 Å². The van der Waals surface area contributed by atoms with Crippen molar-refractivity contribution in [1.29, 1.82) is 0 Å². The molecule has 4 aromatic rings. The summed E-state index contributed by atoms with van der Waals surface area (Å²) in [7, 11) is 0. The van der Waals surface area contributed by atoms with Crippen molar-refractivity contribution >= 4 is 51.5 Å². The predicted octanol–water partition coefficient (Wildman–Crippen LogP) is 4.35. The Hall–Kier alpha value is -4.38. The molecule has 9 nitrogen and oxygen atoms in total. The van der Waals surface area contributed by atoms with E-state index in [2.05, 4.69) is 14.7 Å². The fourth-order valence-electron chi connectivity index (χ4n) is 4.96. The molecule has 2 heterocycles. The minimum absolute atomic E-state index is 0.0460. The molecule has 200 valence electrons. The average molecular weight is 547 g/mol. The highest BCUT2D eigenvalue weighted by molar-refractivity contribution is 7.09. The number of carbonyl (C=O) groups excluding carboxylic acids is 3. The first-order valence-corrected chi connectivity index (χ1v) is 13.4. The van der Waals surface area contributed by atoms with Crippen LogP contribution in [0.1, 0.15) is 63.9 Å². The molecule has 3 amide bonds. The number of hydrogen-bond acceptors (Lipinski definition) is 7. The van der Waals surface area contributed by atoms with E-state index in [0.29, 0.717) is 22.6 Å². The van der Waals surface area contributed by atoms with Crippen LogP contribution in [0.4, 0.5) is 15.8 Å². The number of carbonyl (C=O) groups is 3. The van der Waals surface area contributed by atoms with E-state index in [4.69, 9.17) is 11.5 Å². The van der Waals surface area contributed by atoms with Crippen LogP contribution in [0.25, 0.3) is 10.9 Å². The smallest absolute Gasteiger partial charge is 0.273 e. The fraction of sp³-hybridized carbons (Fsp3) is 0.250. The number of rotatable bonds is 7. The van der Waals surface area contributed by atoms with Gasteiger partial charge in [0.2, 0.25) is 5.91 Å². The van der Waals surface area contributed by atoms with Crippen LogP contribution in [0.2, 0.25) is 0 Å². The van der Waals surface area contributed by atoms with Crippen LogP contribution in [0, 0.1) is 5.82 Å². The van der Waals surface area contributed by atoms with Crippen molar-refractivity contribution in [3.8, 4) is 0 Å². The van der Waals surface area contributed by atoms with E-state index >= 15 is 0 Å². The molecule has 1 fully saturated rings. The second-order valence-corrected chi connectivity index (χ2v) is 10.3. The van der Waals surface area contributed by atoms with Gasteiger partial charge in [-0.15, -0.1) is 0 Å². The van der Waals surface area contributed by atoms with Gasteiger partial charge in [-0.3, -0.25) is 24.3 Å². The largest absolute Gasteiger partial charge is 0.395 e. The molecule has 39 heavy (non-hydrogen) atoms. The van der Waals surface area contributed by atoms with E-state index in [0.717, 1.165) is 37.5 Å². The molecule has 1 aliphatic carbocycles. The van der Waals surface area contributed by atoms with Crippen molar-refractivity contribution in [3.63, 3.8) is 0 Å². The molecule has 2 aromatic heterocycles. The van der Waals surface area contributed by atoms with E-state index in [1.165, 1.54) is 29.2 Å². The molecule has 0 spiro atoms. The van der Waals surface area contributed by atoms with Crippen LogP contribution in [0.5, 0.6) is 0 Å². The molecule has 0 bridgehead atoms. The van der Waals surface area contributed by atoms with E-state index in [9.17, 15) is 18.8 Å². The second kappa shape index (κ2) is 11.2. The summed E-state index contributed by atoms with van der Waals surface area (Å²) in [6.45, 7) is 0. The van der Waals surface area contributed by atoms with Gasteiger partial charge in [0.05, 0.1) is 11.2 Å². The maximum atomic E-state index is 14.5. The summed E-state index contributed by atoms with van der Waals surface area (Å²) in [5.41, 5.74) is 12.4. The zero-order valence-corrected chi connectivity index (χ0v) is 21.8. The van der Waals surface area contributed by atoms with E-state index in [1.807, 2.05) is 6.07 Å². The number of halogens is 1. The van der Waals surface area contributed by atoms with Crippen LogP contribution in [0.3, 0.4) is 0 Å². The fourth-order valence-corrected chi connectivity index (χ4v) is 5.70. The first-order chi connectivity index (χ1) is 18.8. The van der Waals surface area contributed by atoms with E-state index in [1.54, 1.807) is 30.5 Å². The van der Waals surface area contributed by atoms with Gasteiger partial charge >= 0.3 is 0 Å². The lowest BCUT2D eigenvalue weighted by atomic mass is 9.94. The lowest BCUT2D eigenvalue weighted by Gasteiger charge is -2.33. The summed E-state index contributed by atoms with van der Waals surface area (Å²) in [6.07, 6.45) is 6.43. The van der Waals surface area contributed by atoms with Crippen LogP contribution >= 0.6 is 11.5 Å². The summed E-state index contributed by atoms with van der Waals surface area (Å²) in [4.78, 5) is 45.5. The number of hydrogen-bond donors (Lipinski definition) is 3. The summed E-state index contributed by atoms with van der Waals surface area (Å²) in [5, 5.41) is 3.88. The minimum atomic E-state index is -1.19. The molecular formula is C28H27FN6O3S. The lowest BCUT2D eigenvalue weighted by Crippen LogP contribution is -2.47. The number of nitrogens with two attached hydrogens (primary N) is 2. The normalized spacial score (nSPS) is 14.6. The Morgan fingerprint density at radius 3 is 2.56 bits per heavy atom. The Labute approximate surface area is 228 Å². The first kappa shape index (κ1) is 26.2. The number of pyridine rings is 1. The van der Waals surface area contributed by atoms with Crippen molar-refractivity contribution in [3.05, 3.63) is 82.7 Å². The van der Waals surface area contributed by atoms with Gasteiger partial charge in [0.25, 0.3) is 11.8 Å². The molecule has 0 saturated heterocycles. The van der Waals surface area contributed by atoms with E-state index in [-0.39, 0.29) is 28.0 Å². The highest BCUT2D eigenvalue weighted by atomic mass is 32.1. The maximum Gasteiger partial charge on any atom is 0.273 e.